The first-order valence-corrected chi connectivity index (χ1v) is 6.35. The summed E-state index contributed by atoms with van der Waals surface area (Å²) in [6, 6.07) is 0. The second-order valence-electron chi connectivity index (χ2n) is 3.69. The molecule has 0 fully saturated rings. The Kier molecular flexibility index (Phi) is 13.0. The van der Waals surface area contributed by atoms with E-state index in [1.807, 2.05) is 0 Å². The van der Waals surface area contributed by atoms with Crippen molar-refractivity contribution in [2.45, 2.75) is 27.5 Å². The van der Waals surface area contributed by atoms with E-state index in [1.54, 1.807) is 0 Å². The van der Waals surface area contributed by atoms with Gasteiger partial charge in [0.25, 0.3) is 0 Å². The number of allylic oxidation sites excluding steroid dienone is 4. The van der Waals surface area contributed by atoms with Crippen LogP contribution in [0.4, 0.5) is 0 Å². The first-order chi connectivity index (χ1) is 4.58. The van der Waals surface area contributed by atoms with E-state index >= 15 is 0 Å². The minimum absolute atomic E-state index is 0. The van der Waals surface area contributed by atoms with E-state index in [0.29, 0.717) is 3.12 Å². The van der Waals surface area contributed by atoms with E-state index < -0.39 is 0 Å². The van der Waals surface area contributed by atoms with Gasteiger partial charge in [-0.3, -0.25) is 0 Å². The van der Waals surface area contributed by atoms with E-state index in [0.717, 1.165) is 3.63 Å². The van der Waals surface area contributed by atoms with Crippen molar-refractivity contribution in [3.63, 3.8) is 0 Å². The van der Waals surface area contributed by atoms with Gasteiger partial charge >= 0.3 is 75.1 Å². The van der Waals surface area contributed by atoms with Crippen LogP contribution >= 0.6 is 0 Å². The molecule has 1 aliphatic rings. The first-order valence-electron chi connectivity index (χ1n) is 3.71. The summed E-state index contributed by atoms with van der Waals surface area (Å²) in [6.07, 6.45) is 9.04. The van der Waals surface area contributed by atoms with Gasteiger partial charge in [0.1, 0.15) is 0 Å². The molecule has 0 atom stereocenters. The van der Waals surface area contributed by atoms with Crippen LogP contribution in [-0.2, 0) is 23.2 Å². The van der Waals surface area contributed by atoms with Gasteiger partial charge in [-0.25, -0.2) is 0 Å². The number of rotatable bonds is 1. The van der Waals surface area contributed by atoms with Crippen molar-refractivity contribution >= 4 is 0 Å². The van der Waals surface area contributed by atoms with Crippen LogP contribution < -0.4 is 37.2 Å². The summed E-state index contributed by atoms with van der Waals surface area (Å²) < 4.78 is 1.50. The molecule has 1 aliphatic carbocycles. The fourth-order valence-corrected chi connectivity index (χ4v) is 4.51. The molecule has 0 radical (unpaired) electrons. The largest absolute Gasteiger partial charge is 1.00 e. The van der Waals surface area contributed by atoms with Crippen LogP contribution in [0.25, 0.3) is 0 Å². The van der Waals surface area contributed by atoms with Crippen molar-refractivity contribution in [2.24, 2.45) is 0 Å². The van der Waals surface area contributed by atoms with Crippen molar-refractivity contribution in [3.8, 4) is 0 Å². The third-order valence-corrected chi connectivity index (χ3v) is 5.24. The van der Waals surface area contributed by atoms with Gasteiger partial charge in [0.15, 0.2) is 0 Å². The normalized spacial score (nSPS) is 13.8. The second kappa shape index (κ2) is 8.53. The van der Waals surface area contributed by atoms with E-state index in [1.165, 1.54) is 0 Å². The monoisotopic (exact) mass is 317 g/mol. The van der Waals surface area contributed by atoms with Gasteiger partial charge in [-0.2, -0.15) is 0 Å². The number of hydrogen-bond donors (Lipinski definition) is 0. The van der Waals surface area contributed by atoms with Crippen LogP contribution in [0.5, 0.6) is 0 Å². The summed E-state index contributed by atoms with van der Waals surface area (Å²) in [5.74, 6) is 0. The third kappa shape index (κ3) is 9.54. The second-order valence-corrected chi connectivity index (χ2v) is 9.73. The summed E-state index contributed by atoms with van der Waals surface area (Å²) in [6.45, 7) is 7.08. The minimum Gasteiger partial charge on any atom is -1.00 e. The van der Waals surface area contributed by atoms with Gasteiger partial charge < -0.3 is 37.2 Å². The molecule has 0 nitrogen and oxygen atoms in total. The molecular weight excluding hydrogens is 306 g/mol. The zero-order valence-electron chi connectivity index (χ0n) is 8.02. The summed E-state index contributed by atoms with van der Waals surface area (Å²) >= 11 is -0.219. The van der Waals surface area contributed by atoms with Crippen molar-refractivity contribution in [1.82, 2.24) is 0 Å². The molecule has 75 valence electrons. The Morgan fingerprint density at radius 3 is 1.62 bits per heavy atom. The van der Waals surface area contributed by atoms with E-state index in [-0.39, 0.29) is 60.5 Å². The van der Waals surface area contributed by atoms with Crippen molar-refractivity contribution in [1.29, 1.82) is 0 Å². The summed E-state index contributed by atoms with van der Waals surface area (Å²) in [5, 5.41) is 0. The van der Waals surface area contributed by atoms with Crippen LogP contribution in [0.3, 0.4) is 0 Å². The Hall–Kier alpha value is 1.23. The Balaban J connectivity index is -0.000000333. The maximum absolute atomic E-state index is 2.36. The molecule has 0 saturated heterocycles. The molecule has 0 aromatic carbocycles. The number of hydrogen-bond acceptors (Lipinski definition) is 0. The SMILES string of the molecule is C[C](C)(C)[Zr+3][CH]1C=CC=C1.[Cl-].[Cl-].[Cl-]. The first kappa shape index (κ1) is 19.8. The zero-order valence-corrected chi connectivity index (χ0v) is 12.7. The van der Waals surface area contributed by atoms with Crippen LogP contribution in [0.2, 0.25) is 6.75 Å². The average Bonchev–Trinajstić information content (AvgIpc) is 2.12. The fourth-order valence-electron chi connectivity index (χ4n) is 1.03. The smallest absolute Gasteiger partial charge is 1.00 e. The van der Waals surface area contributed by atoms with Gasteiger partial charge in [0.2, 0.25) is 0 Å². The van der Waals surface area contributed by atoms with Crippen molar-refractivity contribution < 1.29 is 60.5 Å². The maximum atomic E-state index is 2.36. The quantitative estimate of drug-likeness (QED) is 0.452. The molecule has 0 spiro atoms. The molecule has 0 heterocycles. The Morgan fingerprint density at radius 1 is 0.923 bits per heavy atom. The maximum Gasteiger partial charge on any atom is -1.00 e. The summed E-state index contributed by atoms with van der Waals surface area (Å²) in [4.78, 5) is 0. The number of halogens is 3. The molecule has 0 aromatic heterocycles. The molecule has 4 heteroatoms. The zero-order chi connectivity index (χ0) is 7.61. The van der Waals surface area contributed by atoms with Gasteiger partial charge in [0, 0.05) is 0 Å². The molecule has 1 rings (SSSR count). The Morgan fingerprint density at radius 2 is 1.31 bits per heavy atom. The van der Waals surface area contributed by atoms with Gasteiger partial charge in [-0.1, -0.05) is 0 Å². The van der Waals surface area contributed by atoms with E-state index in [2.05, 4.69) is 45.1 Å². The summed E-state index contributed by atoms with van der Waals surface area (Å²) in [7, 11) is 0. The van der Waals surface area contributed by atoms with Crippen LogP contribution in [0.1, 0.15) is 20.8 Å². The molecule has 0 unspecified atom stereocenters. The van der Waals surface area contributed by atoms with Crippen LogP contribution in [0, 0.1) is 0 Å². The Labute approximate surface area is 111 Å². The summed E-state index contributed by atoms with van der Waals surface area (Å²) in [5.41, 5.74) is 0. The van der Waals surface area contributed by atoms with Gasteiger partial charge in [-0.15, -0.1) is 0 Å². The molecule has 0 aromatic rings. The van der Waals surface area contributed by atoms with Crippen LogP contribution in [0.15, 0.2) is 24.3 Å². The minimum atomic E-state index is -0.219. The topological polar surface area (TPSA) is 0 Å². The molecule has 0 N–H and O–H groups in total. The molecule has 0 saturated carbocycles. The fraction of sp³-hybridized carbons (Fsp3) is 0.556. The predicted molar refractivity (Wildman–Crippen MR) is 41.7 cm³/mol. The standard InChI is InChI=1S/C5H5.C4H9.3ClH.Zr/c1-2-4-5-3-1;1-4(2)3;;;;/h1-5H;1-3H3;3*1H;/q;;;;;+3/p-3. The van der Waals surface area contributed by atoms with Gasteiger partial charge in [0.05, 0.1) is 0 Å². The molecule has 13 heavy (non-hydrogen) atoms. The van der Waals surface area contributed by atoms with Gasteiger partial charge in [-0.05, 0) is 0 Å². The average molecular weight is 320 g/mol. The van der Waals surface area contributed by atoms with Crippen molar-refractivity contribution in [3.05, 3.63) is 24.3 Å². The predicted octanol–water partition coefficient (Wildman–Crippen LogP) is -5.79. The Bertz CT molecular complexity index is 158. The molecule has 0 aliphatic heterocycles. The third-order valence-electron chi connectivity index (χ3n) is 1.35. The van der Waals surface area contributed by atoms with Crippen LogP contribution in [-0.4, -0.2) is 0 Å². The molecular formula is C9H14Cl3Zr. The molecule has 0 amide bonds. The molecule has 0 bridgehead atoms. The van der Waals surface area contributed by atoms with E-state index in [4.69, 9.17) is 0 Å². The van der Waals surface area contributed by atoms with Crippen molar-refractivity contribution in [2.75, 3.05) is 0 Å². The van der Waals surface area contributed by atoms with E-state index in [9.17, 15) is 0 Å².